The zero-order valence-corrected chi connectivity index (χ0v) is 14.7. The van der Waals surface area contributed by atoms with Gasteiger partial charge in [0, 0.05) is 12.1 Å². The van der Waals surface area contributed by atoms with Crippen LogP contribution in [0.25, 0.3) is 0 Å². The summed E-state index contributed by atoms with van der Waals surface area (Å²) in [5, 5.41) is 3.11. The highest BCUT2D eigenvalue weighted by Gasteiger charge is 2.51. The van der Waals surface area contributed by atoms with E-state index < -0.39 is 0 Å². The van der Waals surface area contributed by atoms with E-state index in [0.29, 0.717) is 25.0 Å². The van der Waals surface area contributed by atoms with Crippen molar-refractivity contribution in [3.63, 3.8) is 0 Å². The fourth-order valence-corrected chi connectivity index (χ4v) is 6.14. The number of rotatable bonds is 5. The molecular weight excluding hydrogens is 314 g/mol. The lowest BCUT2D eigenvalue weighted by molar-refractivity contribution is -0.124. The molecule has 1 aromatic rings. The van der Waals surface area contributed by atoms with Gasteiger partial charge in [0.25, 0.3) is 0 Å². The summed E-state index contributed by atoms with van der Waals surface area (Å²) in [5.74, 6) is 3.71. The molecule has 0 aromatic heterocycles. The number of hydrogen-bond acceptors (Lipinski definition) is 3. The van der Waals surface area contributed by atoms with Gasteiger partial charge in [-0.1, -0.05) is 0 Å². The van der Waals surface area contributed by atoms with Crippen LogP contribution >= 0.6 is 0 Å². The summed E-state index contributed by atoms with van der Waals surface area (Å²) in [4.78, 5) is 12.7. The number of amides is 1. The molecule has 0 atom stereocenters. The summed E-state index contributed by atoms with van der Waals surface area (Å²) in [6.45, 7) is 1.34. The van der Waals surface area contributed by atoms with Gasteiger partial charge in [0.2, 0.25) is 5.91 Å². The van der Waals surface area contributed by atoms with Crippen LogP contribution < -0.4 is 10.1 Å². The van der Waals surface area contributed by atoms with E-state index in [2.05, 4.69) is 5.32 Å². The van der Waals surface area contributed by atoms with E-state index in [4.69, 9.17) is 9.47 Å². The third-order valence-corrected chi connectivity index (χ3v) is 6.75. The van der Waals surface area contributed by atoms with E-state index in [1.54, 1.807) is 0 Å². The largest absolute Gasteiger partial charge is 0.486 e. The van der Waals surface area contributed by atoms with E-state index in [0.717, 1.165) is 29.2 Å². The van der Waals surface area contributed by atoms with Gasteiger partial charge < -0.3 is 14.8 Å². The molecule has 5 aliphatic rings. The van der Waals surface area contributed by atoms with Gasteiger partial charge in [0.05, 0.1) is 13.2 Å². The number of nitrogens with one attached hydrogen (secondary N) is 1. The van der Waals surface area contributed by atoms with Gasteiger partial charge in [-0.25, -0.2) is 0 Å². The van der Waals surface area contributed by atoms with Crippen molar-refractivity contribution in [2.75, 3.05) is 18.5 Å². The highest BCUT2D eigenvalue weighted by Crippen LogP contribution is 2.61. The van der Waals surface area contributed by atoms with E-state index in [-0.39, 0.29) is 12.0 Å². The molecule has 4 aliphatic carbocycles. The highest BCUT2D eigenvalue weighted by molar-refractivity contribution is 5.91. The van der Waals surface area contributed by atoms with Gasteiger partial charge in [-0.3, -0.25) is 4.79 Å². The first-order valence-corrected chi connectivity index (χ1v) is 9.80. The Balaban J connectivity index is 1.19. The molecule has 0 unspecified atom stereocenters. The molecule has 4 saturated carbocycles. The Bertz CT molecular complexity index is 614. The van der Waals surface area contributed by atoms with Crippen LogP contribution in [0.4, 0.5) is 5.69 Å². The summed E-state index contributed by atoms with van der Waals surface area (Å²) < 4.78 is 10.9. The lowest BCUT2D eigenvalue weighted by Gasteiger charge is -2.56. The van der Waals surface area contributed by atoms with Crippen LogP contribution in [0.2, 0.25) is 0 Å². The molecule has 4 nitrogen and oxygen atoms in total. The molecule has 1 heterocycles. The number of carbonyl (C=O) groups is 1. The minimum absolute atomic E-state index is 0.177. The van der Waals surface area contributed by atoms with Crippen LogP contribution in [-0.4, -0.2) is 25.2 Å². The van der Waals surface area contributed by atoms with E-state index in [9.17, 15) is 4.79 Å². The predicted molar refractivity (Wildman–Crippen MR) is 95.5 cm³/mol. The Kier molecular flexibility index (Phi) is 3.77. The second-order valence-electron chi connectivity index (χ2n) is 8.94. The molecule has 1 saturated heterocycles. The Morgan fingerprint density at radius 2 is 1.64 bits per heavy atom. The zero-order valence-electron chi connectivity index (χ0n) is 14.7. The van der Waals surface area contributed by atoms with Crippen molar-refractivity contribution in [1.82, 2.24) is 0 Å². The minimum Gasteiger partial charge on any atom is -0.486 e. The number of anilines is 1. The number of ether oxygens (including phenoxy) is 2. The Labute approximate surface area is 149 Å². The molecule has 134 valence electrons. The zero-order chi connectivity index (χ0) is 16.9. The molecule has 6 rings (SSSR count). The maximum absolute atomic E-state index is 12.7. The van der Waals surface area contributed by atoms with Gasteiger partial charge >= 0.3 is 0 Å². The van der Waals surface area contributed by atoms with Crippen LogP contribution in [0.3, 0.4) is 0 Å². The van der Waals surface area contributed by atoms with Crippen molar-refractivity contribution in [3.05, 3.63) is 24.3 Å². The van der Waals surface area contributed by atoms with Crippen molar-refractivity contribution in [1.29, 1.82) is 0 Å². The maximum atomic E-state index is 12.7. The van der Waals surface area contributed by atoms with E-state index >= 15 is 0 Å². The average molecular weight is 341 g/mol. The summed E-state index contributed by atoms with van der Waals surface area (Å²) >= 11 is 0. The van der Waals surface area contributed by atoms with Crippen molar-refractivity contribution < 1.29 is 14.3 Å². The topological polar surface area (TPSA) is 47.6 Å². The summed E-state index contributed by atoms with van der Waals surface area (Å²) in [6, 6.07) is 7.73. The van der Waals surface area contributed by atoms with Crippen LogP contribution in [-0.2, 0) is 9.53 Å². The van der Waals surface area contributed by atoms with Crippen LogP contribution in [0.15, 0.2) is 24.3 Å². The Morgan fingerprint density at radius 1 is 1.04 bits per heavy atom. The lowest BCUT2D eigenvalue weighted by Crippen LogP contribution is -2.47. The van der Waals surface area contributed by atoms with Crippen molar-refractivity contribution >= 4 is 11.6 Å². The molecule has 1 aliphatic heterocycles. The van der Waals surface area contributed by atoms with Crippen LogP contribution in [0.1, 0.15) is 44.9 Å². The Morgan fingerprint density at radius 3 is 2.16 bits per heavy atom. The standard InChI is InChI=1S/C21H27NO3/c23-20(11-21-8-14-5-15(9-21)7-16(6-14)10-21)22-17-1-3-18(4-2-17)25-19-12-24-13-19/h1-4,14-16,19H,5-13H2,(H,22,23). The monoisotopic (exact) mass is 341 g/mol. The summed E-state index contributed by atoms with van der Waals surface area (Å²) in [6.07, 6.45) is 9.00. The lowest BCUT2D eigenvalue weighted by atomic mass is 9.49. The van der Waals surface area contributed by atoms with Crippen molar-refractivity contribution in [2.24, 2.45) is 23.2 Å². The Hall–Kier alpha value is -1.55. The van der Waals surface area contributed by atoms with Crippen LogP contribution in [0, 0.1) is 23.2 Å². The molecule has 1 aromatic carbocycles. The molecule has 0 radical (unpaired) electrons. The third-order valence-electron chi connectivity index (χ3n) is 6.75. The number of benzene rings is 1. The smallest absolute Gasteiger partial charge is 0.224 e. The number of carbonyl (C=O) groups excluding carboxylic acids is 1. The van der Waals surface area contributed by atoms with E-state index in [1.807, 2.05) is 24.3 Å². The first kappa shape index (κ1) is 15.7. The van der Waals surface area contributed by atoms with Gasteiger partial charge in [-0.2, -0.15) is 0 Å². The SMILES string of the molecule is O=C(CC12CC3CC(CC(C3)C1)C2)Nc1ccc(OC2COC2)cc1. The van der Waals surface area contributed by atoms with Crippen molar-refractivity contribution in [3.8, 4) is 5.75 Å². The molecular formula is C21H27NO3. The van der Waals surface area contributed by atoms with Gasteiger partial charge in [-0.15, -0.1) is 0 Å². The fourth-order valence-electron chi connectivity index (χ4n) is 6.14. The molecule has 4 heteroatoms. The molecule has 25 heavy (non-hydrogen) atoms. The van der Waals surface area contributed by atoms with Gasteiger partial charge in [0.15, 0.2) is 0 Å². The summed E-state index contributed by atoms with van der Waals surface area (Å²) in [7, 11) is 0. The molecule has 1 amide bonds. The minimum atomic E-state index is 0.177. The molecule has 0 spiro atoms. The first-order valence-electron chi connectivity index (χ1n) is 9.80. The van der Waals surface area contributed by atoms with Crippen molar-refractivity contribution in [2.45, 2.75) is 51.0 Å². The maximum Gasteiger partial charge on any atom is 0.224 e. The van der Waals surface area contributed by atoms with Gasteiger partial charge in [0.1, 0.15) is 11.9 Å². The number of hydrogen-bond donors (Lipinski definition) is 1. The average Bonchev–Trinajstić information content (AvgIpc) is 2.50. The fraction of sp³-hybridized carbons (Fsp3) is 0.667. The third kappa shape index (κ3) is 3.17. The predicted octanol–water partition coefficient (Wildman–Crippen LogP) is 4.01. The normalized spacial score (nSPS) is 36.1. The van der Waals surface area contributed by atoms with E-state index in [1.165, 1.54) is 38.5 Å². The van der Waals surface area contributed by atoms with Crippen LogP contribution in [0.5, 0.6) is 5.75 Å². The second-order valence-corrected chi connectivity index (χ2v) is 8.94. The van der Waals surface area contributed by atoms with Gasteiger partial charge in [-0.05, 0) is 86.0 Å². The molecule has 5 fully saturated rings. The summed E-state index contributed by atoms with van der Waals surface area (Å²) in [5.41, 5.74) is 1.17. The quantitative estimate of drug-likeness (QED) is 0.880. The first-order chi connectivity index (χ1) is 12.2. The molecule has 4 bridgehead atoms. The highest BCUT2D eigenvalue weighted by atomic mass is 16.6. The molecule has 1 N–H and O–H groups in total. The second kappa shape index (κ2) is 6.01.